The second-order valence-electron chi connectivity index (χ2n) is 5.08. The van der Waals surface area contributed by atoms with Crippen LogP contribution in [-0.2, 0) is 17.8 Å². The zero-order valence-corrected chi connectivity index (χ0v) is 14.1. The van der Waals surface area contributed by atoms with Crippen molar-refractivity contribution in [2.75, 3.05) is 5.73 Å². The van der Waals surface area contributed by atoms with Crippen molar-refractivity contribution in [1.82, 2.24) is 19.7 Å². The zero-order valence-electron chi connectivity index (χ0n) is 12.4. The summed E-state index contributed by atoms with van der Waals surface area (Å²) in [7, 11) is 0. The molecular weight excluding hydrogens is 318 g/mol. The average Bonchev–Trinajstić information content (AvgIpc) is 3.14. The molecule has 0 saturated heterocycles. The number of rotatable bonds is 5. The number of aryl methyl sites for hydroxylation is 3. The molecule has 22 heavy (non-hydrogen) atoms. The monoisotopic (exact) mass is 335 g/mol. The molecule has 0 aromatic carbocycles. The molecule has 8 heteroatoms. The molecule has 0 aliphatic rings. The maximum absolute atomic E-state index is 11.9. The molecule has 3 aromatic rings. The number of nitrogens with zero attached hydrogens (tertiary/aromatic N) is 3. The van der Waals surface area contributed by atoms with Gasteiger partial charge in [-0.05, 0) is 20.3 Å². The third-order valence-corrected chi connectivity index (χ3v) is 5.28. The molecule has 116 valence electrons. The van der Waals surface area contributed by atoms with Gasteiger partial charge in [0.25, 0.3) is 0 Å². The second kappa shape index (κ2) is 6.05. The minimum atomic E-state index is -0.00386. The van der Waals surface area contributed by atoms with Gasteiger partial charge in [-0.1, -0.05) is 0 Å². The smallest absolute Gasteiger partial charge is 0.220 e. The van der Waals surface area contributed by atoms with Crippen LogP contribution in [0.1, 0.15) is 28.4 Å². The average molecular weight is 335 g/mol. The Balaban J connectivity index is 1.53. The third kappa shape index (κ3) is 3.12. The number of anilines is 1. The van der Waals surface area contributed by atoms with E-state index in [1.807, 2.05) is 11.6 Å². The molecule has 1 amide bonds. The molecule has 0 spiro atoms. The lowest BCUT2D eigenvalue weighted by Crippen LogP contribution is -2.23. The molecule has 3 aromatic heterocycles. The Bertz CT molecular complexity index is 817. The van der Waals surface area contributed by atoms with Crippen LogP contribution in [0.15, 0.2) is 11.6 Å². The predicted molar refractivity (Wildman–Crippen MR) is 89.2 cm³/mol. The summed E-state index contributed by atoms with van der Waals surface area (Å²) in [6, 6.07) is 0. The lowest BCUT2D eigenvalue weighted by molar-refractivity contribution is -0.121. The van der Waals surface area contributed by atoms with E-state index in [1.54, 1.807) is 11.3 Å². The van der Waals surface area contributed by atoms with E-state index >= 15 is 0 Å². The summed E-state index contributed by atoms with van der Waals surface area (Å²) in [6.07, 6.45) is 3.00. The van der Waals surface area contributed by atoms with Gasteiger partial charge in [0, 0.05) is 28.6 Å². The number of hydrogen-bond donors (Lipinski definition) is 2. The number of carbonyl (C=O) groups excluding carboxylic acids is 1. The summed E-state index contributed by atoms with van der Waals surface area (Å²) in [5, 5.41) is 5.32. The first-order chi connectivity index (χ1) is 10.5. The van der Waals surface area contributed by atoms with Crippen molar-refractivity contribution in [2.24, 2.45) is 0 Å². The van der Waals surface area contributed by atoms with Crippen LogP contribution in [0.2, 0.25) is 0 Å². The fourth-order valence-electron chi connectivity index (χ4n) is 2.14. The Morgan fingerprint density at radius 1 is 1.36 bits per heavy atom. The molecule has 6 nitrogen and oxygen atoms in total. The van der Waals surface area contributed by atoms with E-state index in [1.165, 1.54) is 21.9 Å². The van der Waals surface area contributed by atoms with Crippen LogP contribution in [0.5, 0.6) is 0 Å². The van der Waals surface area contributed by atoms with E-state index in [9.17, 15) is 4.79 Å². The molecule has 0 saturated carbocycles. The van der Waals surface area contributed by atoms with Gasteiger partial charge >= 0.3 is 0 Å². The van der Waals surface area contributed by atoms with Crippen molar-refractivity contribution in [3.8, 4) is 0 Å². The quantitative estimate of drug-likeness (QED) is 0.749. The number of aromatic nitrogens is 3. The van der Waals surface area contributed by atoms with Gasteiger partial charge in [-0.2, -0.15) is 0 Å². The third-order valence-electron chi connectivity index (χ3n) is 3.48. The van der Waals surface area contributed by atoms with E-state index in [4.69, 9.17) is 5.73 Å². The first-order valence-corrected chi connectivity index (χ1v) is 8.63. The summed E-state index contributed by atoms with van der Waals surface area (Å²) >= 11 is 3.06. The van der Waals surface area contributed by atoms with Crippen LogP contribution in [-0.4, -0.2) is 20.3 Å². The van der Waals surface area contributed by atoms with E-state index in [0.29, 0.717) is 24.5 Å². The van der Waals surface area contributed by atoms with Crippen molar-refractivity contribution >= 4 is 38.7 Å². The number of thiazole rings is 2. The van der Waals surface area contributed by atoms with Gasteiger partial charge in [0.05, 0.1) is 17.9 Å². The number of nitrogen functional groups attached to an aromatic ring is 1. The summed E-state index contributed by atoms with van der Waals surface area (Å²) in [4.78, 5) is 22.8. The van der Waals surface area contributed by atoms with Crippen molar-refractivity contribution in [1.29, 1.82) is 0 Å². The first-order valence-electron chi connectivity index (χ1n) is 6.93. The largest absolute Gasteiger partial charge is 0.375 e. The molecule has 3 rings (SSSR count). The predicted octanol–water partition coefficient (Wildman–Crippen LogP) is 2.30. The maximum Gasteiger partial charge on any atom is 0.220 e. The highest BCUT2D eigenvalue weighted by Crippen LogP contribution is 2.21. The highest BCUT2D eigenvalue weighted by atomic mass is 32.1. The first kappa shape index (κ1) is 15.0. The van der Waals surface area contributed by atoms with Crippen LogP contribution in [0.3, 0.4) is 0 Å². The Hall–Kier alpha value is -1.93. The number of carbonyl (C=O) groups is 1. The van der Waals surface area contributed by atoms with E-state index in [2.05, 4.69) is 33.5 Å². The molecule has 3 N–H and O–H groups in total. The Morgan fingerprint density at radius 3 is 2.86 bits per heavy atom. The molecule has 0 atom stereocenters. The summed E-state index contributed by atoms with van der Waals surface area (Å²) < 4.78 is 2.07. The number of nitrogens with two attached hydrogens (primary N) is 1. The number of amides is 1. The van der Waals surface area contributed by atoms with Gasteiger partial charge in [-0.25, -0.2) is 9.97 Å². The van der Waals surface area contributed by atoms with E-state index in [-0.39, 0.29) is 5.91 Å². The van der Waals surface area contributed by atoms with Gasteiger partial charge in [-0.3, -0.25) is 9.20 Å². The Morgan fingerprint density at radius 2 is 2.18 bits per heavy atom. The maximum atomic E-state index is 11.9. The van der Waals surface area contributed by atoms with Crippen LogP contribution in [0.25, 0.3) is 4.96 Å². The van der Waals surface area contributed by atoms with Gasteiger partial charge in [0.1, 0.15) is 0 Å². The minimum Gasteiger partial charge on any atom is -0.375 e. The molecule has 0 unspecified atom stereocenters. The SMILES string of the molecule is Cc1sc2nc(CNC(=O)CCc3csc(N)n3)cn2c1C. The molecule has 0 fully saturated rings. The standard InChI is InChI=1S/C14H17N5OS2/c1-8-9(2)22-14-18-11(6-19(8)14)5-16-12(20)4-3-10-7-21-13(15)17-10/h6-7H,3-5H2,1-2H3,(H2,15,17)(H,16,20). The van der Waals surface area contributed by atoms with Crippen molar-refractivity contribution < 1.29 is 4.79 Å². The van der Waals surface area contributed by atoms with Gasteiger partial charge in [0.2, 0.25) is 5.91 Å². The fraction of sp³-hybridized carbons (Fsp3) is 0.357. The van der Waals surface area contributed by atoms with E-state index in [0.717, 1.165) is 16.3 Å². The van der Waals surface area contributed by atoms with E-state index < -0.39 is 0 Å². The summed E-state index contributed by atoms with van der Waals surface area (Å²) in [5.41, 5.74) is 8.51. The minimum absolute atomic E-state index is 0.00386. The molecule has 0 aliphatic carbocycles. The lowest BCUT2D eigenvalue weighted by Gasteiger charge is -2.02. The zero-order chi connectivity index (χ0) is 15.7. The Kier molecular flexibility index (Phi) is 4.12. The topological polar surface area (TPSA) is 85.3 Å². The number of imidazole rings is 1. The number of fused-ring (bicyclic) bond motifs is 1. The molecule has 3 heterocycles. The molecular formula is C14H17N5OS2. The Labute approximate surface area is 136 Å². The number of hydrogen-bond acceptors (Lipinski definition) is 6. The van der Waals surface area contributed by atoms with Crippen LogP contribution < -0.4 is 11.1 Å². The van der Waals surface area contributed by atoms with Crippen LogP contribution >= 0.6 is 22.7 Å². The number of nitrogens with one attached hydrogen (secondary N) is 1. The van der Waals surface area contributed by atoms with Crippen LogP contribution in [0.4, 0.5) is 5.13 Å². The fourth-order valence-corrected chi connectivity index (χ4v) is 3.71. The summed E-state index contributed by atoms with van der Waals surface area (Å²) in [5.74, 6) is -0.00386. The van der Waals surface area contributed by atoms with Gasteiger partial charge in [0.15, 0.2) is 10.1 Å². The molecule has 0 radical (unpaired) electrons. The highest BCUT2D eigenvalue weighted by molar-refractivity contribution is 7.17. The normalized spacial score (nSPS) is 11.2. The highest BCUT2D eigenvalue weighted by Gasteiger charge is 2.10. The molecule has 0 bridgehead atoms. The van der Waals surface area contributed by atoms with Gasteiger partial charge < -0.3 is 11.1 Å². The summed E-state index contributed by atoms with van der Waals surface area (Å²) in [6.45, 7) is 4.61. The second-order valence-corrected chi connectivity index (χ2v) is 7.15. The molecule has 0 aliphatic heterocycles. The van der Waals surface area contributed by atoms with Crippen molar-refractivity contribution in [2.45, 2.75) is 33.2 Å². The lowest BCUT2D eigenvalue weighted by atomic mass is 10.2. The van der Waals surface area contributed by atoms with Crippen molar-refractivity contribution in [3.05, 3.63) is 33.5 Å². The van der Waals surface area contributed by atoms with Gasteiger partial charge in [-0.15, -0.1) is 22.7 Å². The van der Waals surface area contributed by atoms with Crippen LogP contribution in [0, 0.1) is 13.8 Å². The van der Waals surface area contributed by atoms with Crippen molar-refractivity contribution in [3.63, 3.8) is 0 Å².